The van der Waals surface area contributed by atoms with Crippen molar-refractivity contribution in [3.8, 4) is 0 Å². The molecule has 0 amide bonds. The number of anilines is 3. The highest BCUT2D eigenvalue weighted by Gasteiger charge is 2.23. The first-order valence-electron chi connectivity index (χ1n) is 6.90. The summed E-state index contributed by atoms with van der Waals surface area (Å²) in [6.45, 7) is 0.704. The van der Waals surface area contributed by atoms with Crippen molar-refractivity contribution < 1.29 is 4.39 Å². The number of nitrogen functional groups attached to an aromatic ring is 1. The zero-order valence-electron chi connectivity index (χ0n) is 11.6. The third-order valence-electron chi connectivity index (χ3n) is 3.98. The van der Waals surface area contributed by atoms with Crippen LogP contribution in [0.15, 0.2) is 36.7 Å². The van der Waals surface area contributed by atoms with Gasteiger partial charge < -0.3 is 10.6 Å². The molecule has 0 spiro atoms. The molecule has 0 bridgehead atoms. The molecule has 0 unspecified atom stereocenters. The molecule has 0 saturated heterocycles. The average molecular weight is 315 g/mol. The van der Waals surface area contributed by atoms with Crippen LogP contribution in [0, 0.1) is 5.82 Å². The first kappa shape index (κ1) is 13.3. The maximum atomic E-state index is 13.4. The Bertz CT molecular complexity index is 897. The summed E-state index contributed by atoms with van der Waals surface area (Å²) in [7, 11) is 0. The highest BCUT2D eigenvalue weighted by molar-refractivity contribution is 6.31. The van der Waals surface area contributed by atoms with E-state index in [4.69, 9.17) is 17.3 Å². The Kier molecular flexibility index (Phi) is 2.90. The summed E-state index contributed by atoms with van der Waals surface area (Å²) in [5, 5.41) is 1.05. The number of hydrogen-bond acceptors (Lipinski definition) is 4. The van der Waals surface area contributed by atoms with Crippen molar-refractivity contribution in [1.29, 1.82) is 0 Å². The van der Waals surface area contributed by atoms with Gasteiger partial charge in [-0.15, -0.1) is 0 Å². The molecular formula is C16H12ClFN4. The topological polar surface area (TPSA) is 55.0 Å². The van der Waals surface area contributed by atoms with Gasteiger partial charge in [-0.2, -0.15) is 0 Å². The lowest BCUT2D eigenvalue weighted by molar-refractivity contribution is 0.628. The Hall–Kier alpha value is -2.40. The van der Waals surface area contributed by atoms with Crippen molar-refractivity contribution in [2.75, 3.05) is 17.2 Å². The maximum absolute atomic E-state index is 13.4. The van der Waals surface area contributed by atoms with E-state index in [9.17, 15) is 4.39 Å². The van der Waals surface area contributed by atoms with E-state index in [1.165, 1.54) is 12.4 Å². The largest absolute Gasteiger partial charge is 0.398 e. The van der Waals surface area contributed by atoms with Gasteiger partial charge in [-0.3, -0.25) is 0 Å². The zero-order chi connectivity index (χ0) is 15.3. The smallest absolute Gasteiger partial charge is 0.144 e. The van der Waals surface area contributed by atoms with Crippen molar-refractivity contribution in [3.63, 3.8) is 0 Å². The molecular weight excluding hydrogens is 303 g/mol. The van der Waals surface area contributed by atoms with E-state index in [-0.39, 0.29) is 5.02 Å². The predicted molar refractivity (Wildman–Crippen MR) is 86.1 cm³/mol. The van der Waals surface area contributed by atoms with E-state index in [1.54, 1.807) is 12.1 Å². The number of hydrogen-bond donors (Lipinski definition) is 1. The van der Waals surface area contributed by atoms with E-state index in [0.29, 0.717) is 6.54 Å². The fraction of sp³-hybridized carbons (Fsp3) is 0.125. The number of halogens is 2. The number of nitrogens with two attached hydrogens (primary N) is 1. The molecule has 3 aromatic rings. The van der Waals surface area contributed by atoms with Gasteiger partial charge in [0.1, 0.15) is 18.0 Å². The molecule has 0 saturated carbocycles. The lowest BCUT2D eigenvalue weighted by atomic mass is 9.99. The molecule has 1 aliphatic heterocycles. The van der Waals surface area contributed by atoms with Gasteiger partial charge in [0.2, 0.25) is 0 Å². The highest BCUT2D eigenvalue weighted by atomic mass is 35.5. The van der Waals surface area contributed by atoms with Gasteiger partial charge in [0.25, 0.3) is 0 Å². The minimum atomic E-state index is -0.431. The summed E-state index contributed by atoms with van der Waals surface area (Å²) in [6.07, 6.45) is 2.31. The predicted octanol–water partition coefficient (Wildman–Crippen LogP) is 3.70. The molecule has 1 aromatic heterocycles. The van der Waals surface area contributed by atoms with Crippen LogP contribution in [-0.4, -0.2) is 16.5 Å². The van der Waals surface area contributed by atoms with Crippen LogP contribution in [0.1, 0.15) is 5.56 Å². The second-order valence-electron chi connectivity index (χ2n) is 5.22. The number of benzene rings is 2. The molecule has 0 aliphatic carbocycles. The summed E-state index contributed by atoms with van der Waals surface area (Å²) < 4.78 is 13.4. The van der Waals surface area contributed by atoms with Crippen LogP contribution in [0.2, 0.25) is 5.02 Å². The van der Waals surface area contributed by atoms with Crippen LogP contribution in [0.25, 0.3) is 10.9 Å². The molecule has 4 rings (SSSR count). The lowest BCUT2D eigenvalue weighted by Crippen LogP contribution is -2.26. The summed E-state index contributed by atoms with van der Waals surface area (Å²) in [6, 6.07) is 8.44. The maximum Gasteiger partial charge on any atom is 0.144 e. The molecule has 1 aliphatic rings. The van der Waals surface area contributed by atoms with Crippen LogP contribution < -0.4 is 10.6 Å². The normalized spacial score (nSPS) is 13.6. The molecule has 2 heterocycles. The van der Waals surface area contributed by atoms with Crippen molar-refractivity contribution in [2.45, 2.75) is 6.42 Å². The molecule has 0 atom stereocenters. The zero-order valence-corrected chi connectivity index (χ0v) is 12.3. The average Bonchev–Trinajstić information content (AvgIpc) is 2.53. The first-order valence-corrected chi connectivity index (χ1v) is 7.27. The van der Waals surface area contributed by atoms with E-state index in [2.05, 4.69) is 9.97 Å². The lowest BCUT2D eigenvalue weighted by Gasteiger charge is -2.30. The second-order valence-corrected chi connectivity index (χ2v) is 5.63. The molecule has 2 N–H and O–H groups in total. The van der Waals surface area contributed by atoms with Crippen LogP contribution in [0.3, 0.4) is 0 Å². The minimum absolute atomic E-state index is 0.0983. The van der Waals surface area contributed by atoms with Gasteiger partial charge in [-0.25, -0.2) is 14.4 Å². The van der Waals surface area contributed by atoms with Crippen LogP contribution in [-0.2, 0) is 6.42 Å². The summed E-state index contributed by atoms with van der Waals surface area (Å²) in [4.78, 5) is 10.7. The number of rotatable bonds is 1. The monoisotopic (exact) mass is 314 g/mol. The summed E-state index contributed by atoms with van der Waals surface area (Å²) in [5.41, 5.74) is 9.56. The molecule has 2 aromatic carbocycles. The molecule has 110 valence electrons. The summed E-state index contributed by atoms with van der Waals surface area (Å²) in [5.74, 6) is 0.348. The van der Waals surface area contributed by atoms with Gasteiger partial charge >= 0.3 is 0 Å². The summed E-state index contributed by atoms with van der Waals surface area (Å²) >= 11 is 5.91. The van der Waals surface area contributed by atoms with Crippen LogP contribution in [0.4, 0.5) is 21.6 Å². The number of aromatic nitrogens is 2. The third-order valence-corrected chi connectivity index (χ3v) is 4.27. The van der Waals surface area contributed by atoms with E-state index in [0.717, 1.165) is 40.1 Å². The van der Waals surface area contributed by atoms with Crippen LogP contribution >= 0.6 is 11.6 Å². The van der Waals surface area contributed by atoms with Gasteiger partial charge in [-0.05, 0) is 42.3 Å². The van der Waals surface area contributed by atoms with Crippen molar-refractivity contribution in [1.82, 2.24) is 9.97 Å². The molecule has 4 nitrogen and oxygen atoms in total. The Morgan fingerprint density at radius 2 is 2.05 bits per heavy atom. The molecule has 0 radical (unpaired) electrons. The Morgan fingerprint density at radius 1 is 1.18 bits per heavy atom. The SMILES string of the molecule is Nc1ccc2ncnc3c2c1CCN3c1ccc(F)c(Cl)c1. The van der Waals surface area contributed by atoms with E-state index >= 15 is 0 Å². The van der Waals surface area contributed by atoms with Crippen molar-refractivity contribution in [2.24, 2.45) is 0 Å². The molecule has 6 heteroatoms. The van der Waals surface area contributed by atoms with Gasteiger partial charge in [0, 0.05) is 23.3 Å². The fourth-order valence-electron chi connectivity index (χ4n) is 2.93. The minimum Gasteiger partial charge on any atom is -0.398 e. The van der Waals surface area contributed by atoms with E-state index in [1.807, 2.05) is 17.0 Å². The van der Waals surface area contributed by atoms with Crippen molar-refractivity contribution >= 4 is 39.7 Å². The van der Waals surface area contributed by atoms with Gasteiger partial charge in [-0.1, -0.05) is 11.6 Å². The van der Waals surface area contributed by atoms with Crippen molar-refractivity contribution in [3.05, 3.63) is 53.1 Å². The Balaban J connectivity index is 1.95. The Labute approximate surface area is 131 Å². The molecule has 22 heavy (non-hydrogen) atoms. The van der Waals surface area contributed by atoms with Crippen LogP contribution in [0.5, 0.6) is 0 Å². The first-order chi connectivity index (χ1) is 10.6. The third kappa shape index (κ3) is 1.89. The molecule has 0 fully saturated rings. The van der Waals surface area contributed by atoms with Gasteiger partial charge in [0.05, 0.1) is 10.5 Å². The highest BCUT2D eigenvalue weighted by Crippen LogP contribution is 2.38. The second kappa shape index (κ2) is 4.81. The fourth-order valence-corrected chi connectivity index (χ4v) is 3.10. The van der Waals surface area contributed by atoms with Gasteiger partial charge in [0.15, 0.2) is 0 Å². The van der Waals surface area contributed by atoms with E-state index < -0.39 is 5.82 Å². The standard InChI is InChI=1S/C16H12ClFN4/c17-11-7-9(1-2-12(11)18)22-6-5-10-13(19)3-4-14-15(10)16(22)21-8-20-14/h1-4,7-8H,5-6,19H2. The quantitative estimate of drug-likeness (QED) is 0.696. The Morgan fingerprint density at radius 3 is 2.86 bits per heavy atom. The number of nitrogens with zero attached hydrogens (tertiary/aromatic N) is 3.